The van der Waals surface area contributed by atoms with E-state index < -0.39 is 11.5 Å². The summed E-state index contributed by atoms with van der Waals surface area (Å²) < 4.78 is 5.72. The summed E-state index contributed by atoms with van der Waals surface area (Å²) in [5, 5.41) is 3.18. The van der Waals surface area contributed by atoms with Crippen molar-refractivity contribution in [3.63, 3.8) is 0 Å². The van der Waals surface area contributed by atoms with Gasteiger partial charge in [-0.15, -0.1) is 0 Å². The highest BCUT2D eigenvalue weighted by Crippen LogP contribution is 2.26. The standard InChI is InChI=1S/C16H9Cl2IN2O3/c17-11-5-10-13(6-12(11)18)20-16(24-15(10)23)21-14(22)9-4-2-1-3-8(9)7-19/h1-6H,7H2,(H,20,21,22). The van der Waals surface area contributed by atoms with Gasteiger partial charge in [-0.1, -0.05) is 64.0 Å². The number of hydrogen-bond acceptors (Lipinski definition) is 4. The third-order valence-corrected chi connectivity index (χ3v) is 4.84. The monoisotopic (exact) mass is 474 g/mol. The molecule has 0 bridgehead atoms. The maximum absolute atomic E-state index is 12.4. The van der Waals surface area contributed by atoms with Crippen LogP contribution in [0.2, 0.25) is 10.0 Å². The number of nitrogens with one attached hydrogen (secondary N) is 1. The van der Waals surface area contributed by atoms with Crippen LogP contribution in [-0.4, -0.2) is 10.9 Å². The van der Waals surface area contributed by atoms with Crippen molar-refractivity contribution in [2.45, 2.75) is 4.43 Å². The number of rotatable bonds is 3. The quantitative estimate of drug-likeness (QED) is 0.441. The molecule has 1 aromatic heterocycles. The summed E-state index contributed by atoms with van der Waals surface area (Å²) in [6.07, 6.45) is 0. The summed E-state index contributed by atoms with van der Waals surface area (Å²) in [7, 11) is 0. The summed E-state index contributed by atoms with van der Waals surface area (Å²) in [4.78, 5) is 28.6. The van der Waals surface area contributed by atoms with E-state index in [4.69, 9.17) is 27.6 Å². The Hall–Kier alpha value is -1.64. The van der Waals surface area contributed by atoms with Crippen molar-refractivity contribution >= 4 is 68.6 Å². The van der Waals surface area contributed by atoms with Crippen LogP contribution >= 0.6 is 45.8 Å². The SMILES string of the molecule is O=C(Nc1nc2cc(Cl)c(Cl)cc2c(=O)o1)c1ccccc1CI. The molecule has 2 aromatic carbocycles. The van der Waals surface area contributed by atoms with Gasteiger partial charge in [0.1, 0.15) is 0 Å². The lowest BCUT2D eigenvalue weighted by Crippen LogP contribution is -2.16. The van der Waals surface area contributed by atoms with E-state index in [1.54, 1.807) is 12.1 Å². The number of amides is 1. The maximum atomic E-state index is 12.4. The number of halogens is 3. The second-order valence-electron chi connectivity index (χ2n) is 4.83. The Morgan fingerprint density at radius 3 is 2.67 bits per heavy atom. The lowest BCUT2D eigenvalue weighted by molar-refractivity contribution is 0.102. The van der Waals surface area contributed by atoms with Crippen LogP contribution in [0.4, 0.5) is 6.01 Å². The Morgan fingerprint density at radius 1 is 1.21 bits per heavy atom. The number of carbonyl (C=O) groups excluding carboxylic acids is 1. The van der Waals surface area contributed by atoms with E-state index in [-0.39, 0.29) is 27.0 Å². The minimum absolute atomic E-state index is 0.190. The van der Waals surface area contributed by atoms with Crippen molar-refractivity contribution in [1.29, 1.82) is 0 Å². The van der Waals surface area contributed by atoms with Crippen molar-refractivity contribution < 1.29 is 9.21 Å². The first-order valence-electron chi connectivity index (χ1n) is 6.74. The summed E-state index contributed by atoms with van der Waals surface area (Å²) in [6.45, 7) is 0. The molecule has 0 saturated heterocycles. The van der Waals surface area contributed by atoms with Gasteiger partial charge in [0.25, 0.3) is 5.91 Å². The highest BCUT2D eigenvalue weighted by molar-refractivity contribution is 14.1. The zero-order valence-electron chi connectivity index (χ0n) is 12.0. The molecule has 3 aromatic rings. The van der Waals surface area contributed by atoms with Gasteiger partial charge in [0.05, 0.1) is 20.9 Å². The minimum Gasteiger partial charge on any atom is -0.388 e. The summed E-state index contributed by atoms with van der Waals surface area (Å²) >= 11 is 14.0. The molecule has 1 heterocycles. The normalized spacial score (nSPS) is 10.8. The van der Waals surface area contributed by atoms with Crippen LogP contribution in [0.5, 0.6) is 0 Å². The summed E-state index contributed by atoms with van der Waals surface area (Å²) in [5.41, 5.74) is 0.994. The average Bonchev–Trinajstić information content (AvgIpc) is 2.56. The van der Waals surface area contributed by atoms with Crippen molar-refractivity contribution in [3.8, 4) is 0 Å². The van der Waals surface area contributed by atoms with Gasteiger partial charge >= 0.3 is 11.6 Å². The molecule has 0 aliphatic heterocycles. The first-order chi connectivity index (χ1) is 11.5. The maximum Gasteiger partial charge on any atom is 0.348 e. The van der Waals surface area contributed by atoms with E-state index in [9.17, 15) is 9.59 Å². The lowest BCUT2D eigenvalue weighted by Gasteiger charge is -2.07. The molecule has 0 atom stereocenters. The van der Waals surface area contributed by atoms with Gasteiger partial charge in [-0.25, -0.2) is 4.79 Å². The molecule has 8 heteroatoms. The van der Waals surface area contributed by atoms with Crippen LogP contribution in [0, 0.1) is 0 Å². The predicted octanol–water partition coefficient (Wildman–Crippen LogP) is 4.68. The molecular formula is C16H9Cl2IN2O3. The molecule has 5 nitrogen and oxygen atoms in total. The van der Waals surface area contributed by atoms with Crippen LogP contribution in [0.3, 0.4) is 0 Å². The molecule has 24 heavy (non-hydrogen) atoms. The minimum atomic E-state index is -0.656. The largest absolute Gasteiger partial charge is 0.388 e. The van der Waals surface area contributed by atoms with Crippen molar-refractivity contribution in [1.82, 2.24) is 4.98 Å². The van der Waals surface area contributed by atoms with E-state index in [2.05, 4.69) is 32.9 Å². The van der Waals surface area contributed by atoms with Gasteiger partial charge in [0, 0.05) is 9.99 Å². The van der Waals surface area contributed by atoms with E-state index in [1.807, 2.05) is 12.1 Å². The van der Waals surface area contributed by atoms with E-state index in [1.165, 1.54) is 12.1 Å². The Bertz CT molecular complexity index is 1000. The van der Waals surface area contributed by atoms with Crippen LogP contribution in [-0.2, 0) is 4.43 Å². The van der Waals surface area contributed by atoms with Gasteiger partial charge in [0.15, 0.2) is 0 Å². The van der Waals surface area contributed by atoms with Crippen LogP contribution in [0.25, 0.3) is 10.9 Å². The third kappa shape index (κ3) is 3.40. The number of benzene rings is 2. The fourth-order valence-corrected chi connectivity index (χ4v) is 3.13. The van der Waals surface area contributed by atoms with Gasteiger partial charge in [0.2, 0.25) is 0 Å². The van der Waals surface area contributed by atoms with Gasteiger partial charge in [-0.05, 0) is 23.8 Å². The Kier molecular flexibility index (Phi) is 5.07. The van der Waals surface area contributed by atoms with E-state index >= 15 is 0 Å². The smallest absolute Gasteiger partial charge is 0.348 e. The number of anilines is 1. The molecule has 0 spiro atoms. The molecule has 0 unspecified atom stereocenters. The Labute approximate surface area is 160 Å². The number of hydrogen-bond donors (Lipinski definition) is 1. The first-order valence-corrected chi connectivity index (χ1v) is 9.03. The summed E-state index contributed by atoms with van der Waals surface area (Å²) in [6, 6.07) is 9.80. The topological polar surface area (TPSA) is 72.2 Å². The van der Waals surface area contributed by atoms with Crippen LogP contribution < -0.4 is 10.9 Å². The molecule has 0 saturated carbocycles. The molecule has 0 fully saturated rings. The van der Waals surface area contributed by atoms with Crippen LogP contribution in [0.1, 0.15) is 15.9 Å². The van der Waals surface area contributed by atoms with E-state index in [0.717, 1.165) is 5.56 Å². The van der Waals surface area contributed by atoms with Crippen molar-refractivity contribution in [2.24, 2.45) is 0 Å². The lowest BCUT2D eigenvalue weighted by atomic mass is 10.1. The molecule has 0 radical (unpaired) electrons. The molecule has 1 N–H and O–H groups in total. The molecule has 3 rings (SSSR count). The van der Waals surface area contributed by atoms with Crippen molar-refractivity contribution in [2.75, 3.05) is 5.32 Å². The zero-order valence-corrected chi connectivity index (χ0v) is 15.6. The number of fused-ring (bicyclic) bond motifs is 1. The number of carbonyl (C=O) groups is 1. The Morgan fingerprint density at radius 2 is 1.92 bits per heavy atom. The first kappa shape index (κ1) is 17.2. The average molecular weight is 475 g/mol. The number of nitrogens with zero attached hydrogens (tertiary/aromatic N) is 1. The van der Waals surface area contributed by atoms with Gasteiger partial charge in [-0.3, -0.25) is 10.1 Å². The molecule has 1 amide bonds. The highest BCUT2D eigenvalue weighted by atomic mass is 127. The number of alkyl halides is 1. The predicted molar refractivity (Wildman–Crippen MR) is 102 cm³/mol. The second-order valence-corrected chi connectivity index (χ2v) is 6.41. The fourth-order valence-electron chi connectivity index (χ4n) is 2.14. The van der Waals surface area contributed by atoms with E-state index in [0.29, 0.717) is 9.99 Å². The molecular weight excluding hydrogens is 466 g/mol. The fraction of sp³-hybridized carbons (Fsp3) is 0.0625. The second kappa shape index (κ2) is 7.08. The number of aromatic nitrogens is 1. The molecule has 0 aliphatic carbocycles. The highest BCUT2D eigenvalue weighted by Gasteiger charge is 2.15. The zero-order chi connectivity index (χ0) is 17.3. The van der Waals surface area contributed by atoms with Crippen molar-refractivity contribution in [3.05, 3.63) is 68.0 Å². The van der Waals surface area contributed by atoms with Gasteiger partial charge in [-0.2, -0.15) is 4.98 Å². The molecule has 122 valence electrons. The Balaban J connectivity index is 2.00. The van der Waals surface area contributed by atoms with Crippen LogP contribution in [0.15, 0.2) is 45.6 Å². The van der Waals surface area contributed by atoms with Gasteiger partial charge < -0.3 is 4.42 Å². The summed E-state index contributed by atoms with van der Waals surface area (Å²) in [5.74, 6) is -0.405. The molecule has 0 aliphatic rings. The third-order valence-electron chi connectivity index (χ3n) is 3.30.